The van der Waals surface area contributed by atoms with E-state index < -0.39 is 6.29 Å². The van der Waals surface area contributed by atoms with Crippen LogP contribution in [0.5, 0.6) is 0 Å². The molecule has 0 spiro atoms. The summed E-state index contributed by atoms with van der Waals surface area (Å²) in [5, 5.41) is 0. The fourth-order valence-corrected chi connectivity index (χ4v) is 0.779. The molecule has 0 aromatic rings. The smallest absolute Gasteiger partial charge is 0.181 e. The van der Waals surface area contributed by atoms with Gasteiger partial charge in [0.2, 0.25) is 0 Å². The van der Waals surface area contributed by atoms with Crippen LogP contribution in [0.15, 0.2) is 12.2 Å². The molecule has 3 heteroatoms. The lowest BCUT2D eigenvalue weighted by Gasteiger charge is -2.18. The lowest BCUT2D eigenvalue weighted by Crippen LogP contribution is -2.26. The molecule has 0 aromatic heterocycles. The molecule has 0 amide bonds. The van der Waals surface area contributed by atoms with E-state index >= 15 is 0 Å². The Kier molecular flexibility index (Phi) is 3.03. The van der Waals surface area contributed by atoms with Crippen LogP contribution in [-0.2, 0) is 14.3 Å². The molecule has 0 saturated heterocycles. The molecule has 0 fully saturated rings. The Bertz CT molecular complexity index is 237. The average Bonchev–Trinajstić information content (AvgIpc) is 2.09. The zero-order chi connectivity index (χ0) is 8.97. The fraction of sp³-hybridized carbons (Fsp3) is 0.444. The Balaban J connectivity index is 2.41. The molecule has 0 aliphatic carbocycles. The maximum absolute atomic E-state index is 10.7. The average molecular weight is 166 g/mol. The van der Waals surface area contributed by atoms with Gasteiger partial charge in [0, 0.05) is 0 Å². The Labute approximate surface area is 71.4 Å². The van der Waals surface area contributed by atoms with Gasteiger partial charge in [-0.2, -0.15) is 0 Å². The van der Waals surface area contributed by atoms with E-state index in [-0.39, 0.29) is 18.5 Å². The van der Waals surface area contributed by atoms with Crippen LogP contribution in [0.2, 0.25) is 0 Å². The standard InChI is InChI=1S/C9H10O3/c1-3-7(2)12-9-5-4-8(10)6-11-9/h1,4-5,7,9H,6H2,2H3. The summed E-state index contributed by atoms with van der Waals surface area (Å²) in [6, 6.07) is 0. The van der Waals surface area contributed by atoms with Crippen LogP contribution in [0.1, 0.15) is 6.92 Å². The van der Waals surface area contributed by atoms with E-state index in [1.54, 1.807) is 13.0 Å². The molecule has 1 heterocycles. The van der Waals surface area contributed by atoms with Gasteiger partial charge in [-0.25, -0.2) is 0 Å². The largest absolute Gasteiger partial charge is 0.341 e. The summed E-state index contributed by atoms with van der Waals surface area (Å²) in [4.78, 5) is 10.7. The lowest BCUT2D eigenvalue weighted by molar-refractivity contribution is -0.147. The van der Waals surface area contributed by atoms with E-state index in [9.17, 15) is 4.79 Å². The second kappa shape index (κ2) is 4.05. The molecule has 0 N–H and O–H groups in total. The van der Waals surface area contributed by atoms with Gasteiger partial charge in [0.25, 0.3) is 0 Å². The van der Waals surface area contributed by atoms with E-state index in [4.69, 9.17) is 15.9 Å². The Morgan fingerprint density at radius 1 is 1.92 bits per heavy atom. The number of rotatable bonds is 2. The Morgan fingerprint density at radius 2 is 2.67 bits per heavy atom. The van der Waals surface area contributed by atoms with Crippen LogP contribution in [-0.4, -0.2) is 24.8 Å². The number of carbonyl (C=O) groups is 1. The first-order valence-corrected chi connectivity index (χ1v) is 3.66. The highest BCUT2D eigenvalue weighted by Crippen LogP contribution is 2.06. The predicted molar refractivity (Wildman–Crippen MR) is 43.3 cm³/mol. The topological polar surface area (TPSA) is 35.5 Å². The third kappa shape index (κ3) is 2.50. The highest BCUT2D eigenvalue weighted by molar-refractivity contribution is 5.91. The van der Waals surface area contributed by atoms with Crippen LogP contribution in [0.4, 0.5) is 0 Å². The highest BCUT2D eigenvalue weighted by Gasteiger charge is 2.14. The maximum atomic E-state index is 10.7. The molecule has 12 heavy (non-hydrogen) atoms. The van der Waals surface area contributed by atoms with Crippen molar-refractivity contribution in [3.8, 4) is 12.3 Å². The second-order valence-electron chi connectivity index (χ2n) is 2.45. The summed E-state index contributed by atoms with van der Waals surface area (Å²) >= 11 is 0. The van der Waals surface area contributed by atoms with E-state index in [1.165, 1.54) is 6.08 Å². The van der Waals surface area contributed by atoms with E-state index in [2.05, 4.69) is 5.92 Å². The van der Waals surface area contributed by atoms with Crippen molar-refractivity contribution in [3.05, 3.63) is 12.2 Å². The van der Waals surface area contributed by atoms with E-state index in [0.717, 1.165) is 0 Å². The summed E-state index contributed by atoms with van der Waals surface area (Å²) in [6.07, 6.45) is 7.32. The van der Waals surface area contributed by atoms with Crippen molar-refractivity contribution in [1.29, 1.82) is 0 Å². The summed E-state index contributed by atoms with van der Waals surface area (Å²) in [7, 11) is 0. The highest BCUT2D eigenvalue weighted by atomic mass is 16.7. The molecular weight excluding hydrogens is 156 g/mol. The molecule has 1 aliphatic rings. The third-order valence-corrected chi connectivity index (χ3v) is 1.40. The number of terminal acetylenes is 1. The van der Waals surface area contributed by atoms with Crippen molar-refractivity contribution in [2.75, 3.05) is 6.61 Å². The molecule has 2 atom stereocenters. The van der Waals surface area contributed by atoms with Gasteiger partial charge in [0.15, 0.2) is 12.1 Å². The monoisotopic (exact) mass is 166 g/mol. The summed E-state index contributed by atoms with van der Waals surface area (Å²) in [6.45, 7) is 1.81. The van der Waals surface area contributed by atoms with Gasteiger partial charge in [-0.05, 0) is 19.1 Å². The number of ketones is 1. The van der Waals surface area contributed by atoms with E-state index in [1.807, 2.05) is 0 Å². The van der Waals surface area contributed by atoms with Crippen molar-refractivity contribution in [1.82, 2.24) is 0 Å². The summed E-state index contributed by atoms with van der Waals surface area (Å²) < 4.78 is 10.2. The molecular formula is C9H10O3. The summed E-state index contributed by atoms with van der Waals surface area (Å²) in [5.74, 6) is 2.35. The van der Waals surface area contributed by atoms with Crippen LogP contribution < -0.4 is 0 Å². The fourth-order valence-electron chi connectivity index (χ4n) is 0.779. The normalized spacial score (nSPS) is 25.0. The molecule has 0 saturated carbocycles. The van der Waals surface area contributed by atoms with Gasteiger partial charge in [0.05, 0.1) is 0 Å². The molecule has 0 radical (unpaired) electrons. The minimum Gasteiger partial charge on any atom is -0.341 e. The lowest BCUT2D eigenvalue weighted by atomic mass is 10.3. The number of carbonyl (C=O) groups excluding carboxylic acids is 1. The minimum atomic E-state index is -0.478. The quantitative estimate of drug-likeness (QED) is 0.560. The van der Waals surface area contributed by atoms with Gasteiger partial charge in [-0.15, -0.1) is 6.42 Å². The first kappa shape index (κ1) is 8.98. The van der Waals surface area contributed by atoms with Crippen LogP contribution >= 0.6 is 0 Å². The van der Waals surface area contributed by atoms with Crippen molar-refractivity contribution in [2.24, 2.45) is 0 Å². The van der Waals surface area contributed by atoms with Crippen LogP contribution in [0.3, 0.4) is 0 Å². The Morgan fingerprint density at radius 3 is 3.17 bits per heavy atom. The van der Waals surface area contributed by atoms with Gasteiger partial charge < -0.3 is 9.47 Å². The predicted octanol–water partition coefficient (Wildman–Crippen LogP) is 0.506. The van der Waals surface area contributed by atoms with Crippen molar-refractivity contribution in [2.45, 2.75) is 19.3 Å². The van der Waals surface area contributed by atoms with Crippen molar-refractivity contribution >= 4 is 5.78 Å². The molecule has 0 aromatic carbocycles. The molecule has 1 aliphatic heterocycles. The molecule has 0 bridgehead atoms. The van der Waals surface area contributed by atoms with Gasteiger partial charge in [-0.3, -0.25) is 4.79 Å². The molecule has 2 unspecified atom stereocenters. The second-order valence-corrected chi connectivity index (χ2v) is 2.45. The number of hydrogen-bond donors (Lipinski definition) is 0. The van der Waals surface area contributed by atoms with Crippen LogP contribution in [0, 0.1) is 12.3 Å². The number of ether oxygens (including phenoxy) is 2. The zero-order valence-electron chi connectivity index (χ0n) is 6.82. The number of hydrogen-bond acceptors (Lipinski definition) is 3. The molecule has 64 valence electrons. The molecule has 3 nitrogen and oxygen atoms in total. The van der Waals surface area contributed by atoms with Gasteiger partial charge in [0.1, 0.15) is 12.7 Å². The first-order chi connectivity index (χ1) is 5.72. The molecule has 1 rings (SSSR count). The minimum absolute atomic E-state index is 0.0526. The van der Waals surface area contributed by atoms with E-state index in [0.29, 0.717) is 0 Å². The van der Waals surface area contributed by atoms with Gasteiger partial charge >= 0.3 is 0 Å². The first-order valence-electron chi connectivity index (χ1n) is 3.66. The summed E-state index contributed by atoms with van der Waals surface area (Å²) in [5.41, 5.74) is 0. The van der Waals surface area contributed by atoms with Gasteiger partial charge in [-0.1, -0.05) is 5.92 Å². The maximum Gasteiger partial charge on any atom is 0.181 e. The SMILES string of the molecule is C#CC(C)OC1C=CC(=O)CO1. The zero-order valence-corrected chi connectivity index (χ0v) is 6.82. The Hall–Kier alpha value is -1.11. The third-order valence-electron chi connectivity index (χ3n) is 1.40. The van der Waals surface area contributed by atoms with Crippen molar-refractivity contribution in [3.63, 3.8) is 0 Å². The van der Waals surface area contributed by atoms with Crippen molar-refractivity contribution < 1.29 is 14.3 Å². The van der Waals surface area contributed by atoms with Crippen LogP contribution in [0.25, 0.3) is 0 Å².